The highest BCUT2D eigenvalue weighted by Crippen LogP contribution is 2.32. The fourth-order valence-electron chi connectivity index (χ4n) is 2.76. The molecule has 0 amide bonds. The molecule has 1 aromatic heterocycles. The number of alkyl halides is 1. The molecular formula is C16H18ClNS. The van der Waals surface area contributed by atoms with Gasteiger partial charge in [0.05, 0.1) is 10.7 Å². The highest BCUT2D eigenvalue weighted by molar-refractivity contribution is 7.09. The molecule has 2 aromatic rings. The molecule has 1 aliphatic carbocycles. The van der Waals surface area contributed by atoms with Crippen LogP contribution in [0, 0.1) is 5.92 Å². The molecule has 3 heteroatoms. The molecule has 1 saturated carbocycles. The van der Waals surface area contributed by atoms with E-state index in [1.807, 2.05) is 6.07 Å². The largest absolute Gasteiger partial charge is 0.241 e. The van der Waals surface area contributed by atoms with Crippen LogP contribution in [0.2, 0.25) is 0 Å². The number of hydrogen-bond acceptors (Lipinski definition) is 2. The van der Waals surface area contributed by atoms with Crippen LogP contribution in [0.25, 0.3) is 11.3 Å². The Morgan fingerprint density at radius 2 is 1.95 bits per heavy atom. The Morgan fingerprint density at radius 1 is 1.16 bits per heavy atom. The van der Waals surface area contributed by atoms with Crippen LogP contribution in [0.4, 0.5) is 0 Å². The number of benzene rings is 1. The van der Waals surface area contributed by atoms with E-state index in [0.29, 0.717) is 11.3 Å². The van der Waals surface area contributed by atoms with E-state index in [1.54, 1.807) is 11.3 Å². The van der Waals surface area contributed by atoms with Crippen molar-refractivity contribution in [2.24, 2.45) is 5.92 Å². The van der Waals surface area contributed by atoms with Crippen molar-refractivity contribution in [2.75, 3.05) is 0 Å². The van der Waals surface area contributed by atoms with Crippen LogP contribution < -0.4 is 0 Å². The Hall–Kier alpha value is -0.860. The summed E-state index contributed by atoms with van der Waals surface area (Å²) >= 11 is 8.20. The molecule has 0 radical (unpaired) electrons. The Labute approximate surface area is 123 Å². The normalized spacial score (nSPS) is 23.4. The van der Waals surface area contributed by atoms with E-state index in [0.717, 1.165) is 12.1 Å². The summed E-state index contributed by atoms with van der Waals surface area (Å²) < 4.78 is 0. The van der Waals surface area contributed by atoms with Crippen molar-refractivity contribution >= 4 is 22.9 Å². The zero-order valence-corrected chi connectivity index (χ0v) is 12.5. The zero-order valence-electron chi connectivity index (χ0n) is 10.9. The summed E-state index contributed by atoms with van der Waals surface area (Å²) in [5.74, 6) is 0.616. The number of thiazole rings is 1. The zero-order chi connectivity index (χ0) is 13.1. The first kappa shape index (κ1) is 13.1. The summed E-state index contributed by atoms with van der Waals surface area (Å²) in [5, 5.41) is 3.74. The summed E-state index contributed by atoms with van der Waals surface area (Å²) in [6.07, 6.45) is 6.09. The standard InChI is InChI=1S/C16H18ClNS/c17-14-9-5-4-8-13(14)10-16-18-15(11-19-16)12-6-2-1-3-7-12/h1-3,6-7,11,13-14H,4-5,8-10H2. The maximum Gasteiger partial charge on any atom is 0.0935 e. The van der Waals surface area contributed by atoms with Gasteiger partial charge in [0.1, 0.15) is 0 Å². The lowest BCUT2D eigenvalue weighted by atomic mass is 9.87. The molecule has 2 atom stereocenters. The quantitative estimate of drug-likeness (QED) is 0.713. The molecule has 0 aliphatic heterocycles. The molecule has 1 nitrogen and oxygen atoms in total. The highest BCUT2D eigenvalue weighted by atomic mass is 35.5. The second-order valence-corrected chi connectivity index (χ2v) is 6.76. The number of rotatable bonds is 3. The SMILES string of the molecule is ClC1CCCCC1Cc1nc(-c2ccccc2)cs1. The molecule has 1 fully saturated rings. The lowest BCUT2D eigenvalue weighted by Gasteiger charge is -2.26. The van der Waals surface area contributed by atoms with E-state index < -0.39 is 0 Å². The molecule has 0 spiro atoms. The molecule has 0 N–H and O–H groups in total. The van der Waals surface area contributed by atoms with Crippen LogP contribution in [0.1, 0.15) is 30.7 Å². The van der Waals surface area contributed by atoms with Crippen molar-refractivity contribution in [2.45, 2.75) is 37.5 Å². The van der Waals surface area contributed by atoms with Crippen molar-refractivity contribution in [1.82, 2.24) is 4.98 Å². The second kappa shape index (κ2) is 6.06. The first-order valence-electron chi connectivity index (χ1n) is 6.97. The third kappa shape index (κ3) is 3.18. The Bertz CT molecular complexity index is 523. The maximum atomic E-state index is 6.43. The van der Waals surface area contributed by atoms with Gasteiger partial charge < -0.3 is 0 Å². The van der Waals surface area contributed by atoms with E-state index in [1.165, 1.54) is 36.3 Å². The van der Waals surface area contributed by atoms with Gasteiger partial charge in [-0.25, -0.2) is 4.98 Å². The molecule has 19 heavy (non-hydrogen) atoms. The second-order valence-electron chi connectivity index (χ2n) is 5.26. The van der Waals surface area contributed by atoms with Crippen LogP contribution in [-0.2, 0) is 6.42 Å². The average molecular weight is 292 g/mol. The van der Waals surface area contributed by atoms with Crippen LogP contribution in [0.15, 0.2) is 35.7 Å². The molecule has 3 rings (SSSR count). The lowest BCUT2D eigenvalue weighted by Crippen LogP contribution is -2.21. The highest BCUT2D eigenvalue weighted by Gasteiger charge is 2.24. The minimum Gasteiger partial charge on any atom is -0.241 e. The predicted molar refractivity (Wildman–Crippen MR) is 82.9 cm³/mol. The van der Waals surface area contributed by atoms with Gasteiger partial charge in [-0.05, 0) is 18.8 Å². The van der Waals surface area contributed by atoms with Gasteiger partial charge in [-0.15, -0.1) is 22.9 Å². The molecule has 0 saturated heterocycles. The molecule has 1 aliphatic rings. The van der Waals surface area contributed by atoms with Gasteiger partial charge in [0.15, 0.2) is 0 Å². The third-order valence-corrected chi connectivity index (χ3v) is 5.32. The van der Waals surface area contributed by atoms with Gasteiger partial charge in [-0.3, -0.25) is 0 Å². The topological polar surface area (TPSA) is 12.9 Å². The van der Waals surface area contributed by atoms with E-state index >= 15 is 0 Å². The summed E-state index contributed by atoms with van der Waals surface area (Å²) in [4.78, 5) is 4.77. The van der Waals surface area contributed by atoms with Gasteiger partial charge in [0, 0.05) is 22.7 Å². The number of halogens is 1. The first-order valence-corrected chi connectivity index (χ1v) is 8.28. The molecular weight excluding hydrogens is 274 g/mol. The summed E-state index contributed by atoms with van der Waals surface area (Å²) in [5.41, 5.74) is 2.30. The number of aromatic nitrogens is 1. The van der Waals surface area contributed by atoms with Crippen molar-refractivity contribution < 1.29 is 0 Å². The van der Waals surface area contributed by atoms with Gasteiger partial charge in [0.2, 0.25) is 0 Å². The Balaban J connectivity index is 1.71. The molecule has 1 heterocycles. The lowest BCUT2D eigenvalue weighted by molar-refractivity contribution is 0.363. The minimum absolute atomic E-state index is 0.345. The van der Waals surface area contributed by atoms with Crippen molar-refractivity contribution in [3.05, 3.63) is 40.7 Å². The fraction of sp³-hybridized carbons (Fsp3) is 0.438. The monoisotopic (exact) mass is 291 g/mol. The van der Waals surface area contributed by atoms with Crippen molar-refractivity contribution in [1.29, 1.82) is 0 Å². The van der Waals surface area contributed by atoms with E-state index in [-0.39, 0.29) is 0 Å². The van der Waals surface area contributed by atoms with Crippen LogP contribution >= 0.6 is 22.9 Å². The number of hydrogen-bond donors (Lipinski definition) is 0. The fourth-order valence-corrected chi connectivity index (χ4v) is 4.03. The molecule has 100 valence electrons. The number of nitrogens with zero attached hydrogens (tertiary/aromatic N) is 1. The van der Waals surface area contributed by atoms with Crippen molar-refractivity contribution in [3.63, 3.8) is 0 Å². The molecule has 2 unspecified atom stereocenters. The third-order valence-electron chi connectivity index (χ3n) is 3.87. The molecule has 1 aromatic carbocycles. The minimum atomic E-state index is 0.345. The van der Waals surface area contributed by atoms with Crippen LogP contribution in [0.3, 0.4) is 0 Å². The Kier molecular flexibility index (Phi) is 4.19. The average Bonchev–Trinajstić information content (AvgIpc) is 2.91. The van der Waals surface area contributed by atoms with E-state index in [9.17, 15) is 0 Å². The van der Waals surface area contributed by atoms with Crippen molar-refractivity contribution in [3.8, 4) is 11.3 Å². The smallest absolute Gasteiger partial charge is 0.0935 e. The Morgan fingerprint density at radius 3 is 2.74 bits per heavy atom. The summed E-state index contributed by atoms with van der Waals surface area (Å²) in [6, 6.07) is 10.4. The predicted octanol–water partition coefficient (Wildman–Crippen LogP) is 5.15. The van der Waals surface area contributed by atoms with Gasteiger partial charge in [0.25, 0.3) is 0 Å². The first-order chi connectivity index (χ1) is 9.33. The van der Waals surface area contributed by atoms with Gasteiger partial charge in [-0.1, -0.05) is 43.2 Å². The van der Waals surface area contributed by atoms with E-state index in [4.69, 9.17) is 16.6 Å². The van der Waals surface area contributed by atoms with Gasteiger partial charge >= 0.3 is 0 Å². The molecule has 0 bridgehead atoms. The van der Waals surface area contributed by atoms with Gasteiger partial charge in [-0.2, -0.15) is 0 Å². The summed E-state index contributed by atoms with van der Waals surface area (Å²) in [7, 11) is 0. The van der Waals surface area contributed by atoms with Crippen LogP contribution in [-0.4, -0.2) is 10.4 Å². The maximum absolute atomic E-state index is 6.43. The summed E-state index contributed by atoms with van der Waals surface area (Å²) in [6.45, 7) is 0. The van der Waals surface area contributed by atoms with Crippen LogP contribution in [0.5, 0.6) is 0 Å². The van der Waals surface area contributed by atoms with E-state index in [2.05, 4.69) is 29.6 Å².